The standard InChI is InChI=1S/C13H23NO4/c1-4-7-13(2,12(16)17-3)14-11(15)10-6-5-8-18-9-10/h10H,4-9H2,1-3H3,(H,14,15). The molecule has 1 rings (SSSR count). The number of esters is 1. The van der Waals surface area contributed by atoms with Gasteiger partial charge in [0.1, 0.15) is 5.54 Å². The van der Waals surface area contributed by atoms with Gasteiger partial charge in [0.2, 0.25) is 5.91 Å². The fourth-order valence-electron chi connectivity index (χ4n) is 2.26. The lowest BCUT2D eigenvalue weighted by Gasteiger charge is -2.30. The molecule has 0 bridgehead atoms. The number of amides is 1. The van der Waals surface area contributed by atoms with Crippen LogP contribution in [0, 0.1) is 5.92 Å². The maximum Gasteiger partial charge on any atom is 0.331 e. The molecule has 0 radical (unpaired) electrons. The average molecular weight is 257 g/mol. The van der Waals surface area contributed by atoms with Crippen molar-refractivity contribution in [3.63, 3.8) is 0 Å². The molecule has 2 unspecified atom stereocenters. The van der Waals surface area contributed by atoms with Crippen LogP contribution in [0.1, 0.15) is 39.5 Å². The molecule has 18 heavy (non-hydrogen) atoms. The largest absolute Gasteiger partial charge is 0.467 e. The summed E-state index contributed by atoms with van der Waals surface area (Å²) < 4.78 is 10.1. The molecular weight excluding hydrogens is 234 g/mol. The molecule has 0 aromatic rings. The van der Waals surface area contributed by atoms with Crippen molar-refractivity contribution >= 4 is 11.9 Å². The predicted molar refractivity (Wildman–Crippen MR) is 67.0 cm³/mol. The van der Waals surface area contributed by atoms with Gasteiger partial charge in [-0.1, -0.05) is 13.3 Å². The summed E-state index contributed by atoms with van der Waals surface area (Å²) in [7, 11) is 1.34. The third kappa shape index (κ3) is 3.70. The van der Waals surface area contributed by atoms with Crippen molar-refractivity contribution < 1.29 is 19.1 Å². The number of rotatable bonds is 5. The Balaban J connectivity index is 2.64. The minimum Gasteiger partial charge on any atom is -0.467 e. The zero-order valence-electron chi connectivity index (χ0n) is 11.5. The quantitative estimate of drug-likeness (QED) is 0.753. The van der Waals surface area contributed by atoms with Crippen molar-refractivity contribution in [2.24, 2.45) is 5.92 Å². The van der Waals surface area contributed by atoms with Gasteiger partial charge in [-0.2, -0.15) is 0 Å². The van der Waals surface area contributed by atoms with Crippen LogP contribution in [0.15, 0.2) is 0 Å². The maximum atomic E-state index is 12.1. The minimum absolute atomic E-state index is 0.115. The van der Waals surface area contributed by atoms with E-state index in [1.807, 2.05) is 6.92 Å². The van der Waals surface area contributed by atoms with E-state index in [2.05, 4.69) is 5.32 Å². The summed E-state index contributed by atoms with van der Waals surface area (Å²) in [6, 6.07) is 0. The van der Waals surface area contributed by atoms with Crippen LogP contribution in [0.2, 0.25) is 0 Å². The molecule has 1 saturated heterocycles. The van der Waals surface area contributed by atoms with E-state index in [4.69, 9.17) is 9.47 Å². The van der Waals surface area contributed by atoms with Gasteiger partial charge in [0.15, 0.2) is 0 Å². The molecule has 0 aliphatic carbocycles. The fraction of sp³-hybridized carbons (Fsp3) is 0.846. The van der Waals surface area contributed by atoms with Gasteiger partial charge in [0.25, 0.3) is 0 Å². The minimum atomic E-state index is -0.933. The van der Waals surface area contributed by atoms with Gasteiger partial charge in [-0.25, -0.2) is 4.79 Å². The number of methoxy groups -OCH3 is 1. The van der Waals surface area contributed by atoms with Crippen LogP contribution >= 0.6 is 0 Å². The van der Waals surface area contributed by atoms with Crippen molar-refractivity contribution in [3.05, 3.63) is 0 Å². The highest BCUT2D eigenvalue weighted by Crippen LogP contribution is 2.18. The summed E-state index contributed by atoms with van der Waals surface area (Å²) in [4.78, 5) is 23.9. The van der Waals surface area contributed by atoms with E-state index in [0.29, 0.717) is 19.6 Å². The maximum absolute atomic E-state index is 12.1. The van der Waals surface area contributed by atoms with Crippen molar-refractivity contribution in [2.45, 2.75) is 45.1 Å². The Morgan fingerprint density at radius 1 is 1.50 bits per heavy atom. The van der Waals surface area contributed by atoms with E-state index in [9.17, 15) is 9.59 Å². The van der Waals surface area contributed by atoms with Crippen LogP contribution in [0.4, 0.5) is 0 Å². The molecule has 1 N–H and O–H groups in total. The second kappa shape index (κ2) is 6.73. The molecule has 104 valence electrons. The lowest BCUT2D eigenvalue weighted by atomic mass is 9.93. The molecule has 1 fully saturated rings. The van der Waals surface area contributed by atoms with E-state index in [1.165, 1.54) is 7.11 Å². The summed E-state index contributed by atoms with van der Waals surface area (Å²) >= 11 is 0. The SMILES string of the molecule is CCCC(C)(NC(=O)C1CCCOC1)C(=O)OC. The third-order valence-corrected chi connectivity index (χ3v) is 3.32. The van der Waals surface area contributed by atoms with Crippen LogP contribution in [0.3, 0.4) is 0 Å². The molecule has 1 amide bonds. The van der Waals surface area contributed by atoms with Gasteiger partial charge < -0.3 is 14.8 Å². The Kier molecular flexibility index (Phi) is 5.59. The van der Waals surface area contributed by atoms with E-state index in [0.717, 1.165) is 19.3 Å². The highest BCUT2D eigenvalue weighted by Gasteiger charge is 2.37. The highest BCUT2D eigenvalue weighted by atomic mass is 16.5. The Labute approximate surface area is 108 Å². The summed E-state index contributed by atoms with van der Waals surface area (Å²) in [5, 5.41) is 2.82. The van der Waals surface area contributed by atoms with E-state index < -0.39 is 11.5 Å². The number of nitrogens with one attached hydrogen (secondary N) is 1. The summed E-state index contributed by atoms with van der Waals surface area (Å²) in [6.07, 6.45) is 3.07. The molecule has 5 nitrogen and oxygen atoms in total. The van der Waals surface area contributed by atoms with Crippen molar-refractivity contribution in [3.8, 4) is 0 Å². The Morgan fingerprint density at radius 2 is 2.22 bits per heavy atom. The molecule has 1 heterocycles. The molecular formula is C13H23NO4. The summed E-state index contributed by atoms with van der Waals surface area (Å²) in [5.74, 6) is -0.662. The second-order valence-electron chi connectivity index (χ2n) is 4.98. The normalized spacial score (nSPS) is 22.9. The van der Waals surface area contributed by atoms with Crippen molar-refractivity contribution in [1.82, 2.24) is 5.32 Å². The average Bonchev–Trinajstić information content (AvgIpc) is 2.39. The highest BCUT2D eigenvalue weighted by molar-refractivity contribution is 5.88. The molecule has 1 aliphatic rings. The van der Waals surface area contributed by atoms with Gasteiger partial charge >= 0.3 is 5.97 Å². The van der Waals surface area contributed by atoms with Crippen LogP contribution in [-0.4, -0.2) is 37.7 Å². The van der Waals surface area contributed by atoms with E-state index in [1.54, 1.807) is 6.92 Å². The molecule has 0 aromatic heterocycles. The Morgan fingerprint density at radius 3 is 2.72 bits per heavy atom. The molecule has 1 aliphatic heterocycles. The number of carbonyl (C=O) groups is 2. The van der Waals surface area contributed by atoms with E-state index >= 15 is 0 Å². The molecule has 2 atom stereocenters. The first-order chi connectivity index (χ1) is 8.53. The fourth-order valence-corrected chi connectivity index (χ4v) is 2.26. The Bertz CT molecular complexity index is 299. The number of hydrogen-bond acceptors (Lipinski definition) is 4. The molecule has 0 aromatic carbocycles. The lowest BCUT2D eigenvalue weighted by molar-refractivity contribution is -0.151. The zero-order valence-corrected chi connectivity index (χ0v) is 11.5. The van der Waals surface area contributed by atoms with Gasteiger partial charge in [-0.05, 0) is 26.2 Å². The summed E-state index contributed by atoms with van der Waals surface area (Å²) in [5.41, 5.74) is -0.933. The van der Waals surface area contributed by atoms with Crippen molar-refractivity contribution in [1.29, 1.82) is 0 Å². The predicted octanol–water partition coefficient (Wildman–Crippen LogP) is 1.26. The summed E-state index contributed by atoms with van der Waals surface area (Å²) in [6.45, 7) is 4.84. The van der Waals surface area contributed by atoms with Gasteiger partial charge in [-0.15, -0.1) is 0 Å². The number of carbonyl (C=O) groups excluding carboxylic acids is 2. The second-order valence-corrected chi connectivity index (χ2v) is 4.98. The molecule has 5 heteroatoms. The molecule has 0 saturated carbocycles. The smallest absolute Gasteiger partial charge is 0.331 e. The first kappa shape index (κ1) is 15.0. The topological polar surface area (TPSA) is 64.6 Å². The zero-order chi connectivity index (χ0) is 13.6. The van der Waals surface area contributed by atoms with Crippen molar-refractivity contribution in [2.75, 3.05) is 20.3 Å². The van der Waals surface area contributed by atoms with Crippen LogP contribution in [0.5, 0.6) is 0 Å². The molecule has 0 spiro atoms. The third-order valence-electron chi connectivity index (χ3n) is 3.32. The van der Waals surface area contributed by atoms with Crippen LogP contribution in [-0.2, 0) is 19.1 Å². The van der Waals surface area contributed by atoms with Crippen LogP contribution in [0.25, 0.3) is 0 Å². The number of ether oxygens (including phenoxy) is 2. The first-order valence-corrected chi connectivity index (χ1v) is 6.51. The van der Waals surface area contributed by atoms with E-state index in [-0.39, 0.29) is 11.8 Å². The Hall–Kier alpha value is -1.10. The monoisotopic (exact) mass is 257 g/mol. The lowest BCUT2D eigenvalue weighted by Crippen LogP contribution is -2.55. The first-order valence-electron chi connectivity index (χ1n) is 6.51. The van der Waals surface area contributed by atoms with Gasteiger partial charge in [-0.3, -0.25) is 4.79 Å². The van der Waals surface area contributed by atoms with Crippen LogP contribution < -0.4 is 5.32 Å². The number of hydrogen-bond donors (Lipinski definition) is 1. The van der Waals surface area contributed by atoms with Gasteiger partial charge in [0, 0.05) is 6.61 Å². The van der Waals surface area contributed by atoms with Gasteiger partial charge in [0.05, 0.1) is 19.6 Å².